The maximum Gasteiger partial charge on any atom is 0.254 e. The van der Waals surface area contributed by atoms with E-state index in [4.69, 9.17) is 5.26 Å². The van der Waals surface area contributed by atoms with Gasteiger partial charge in [-0.1, -0.05) is 13.3 Å². The number of halogens is 2. The topological polar surface area (TPSA) is 60.2 Å². The van der Waals surface area contributed by atoms with Crippen LogP contribution in [-0.4, -0.2) is 40.4 Å². The van der Waals surface area contributed by atoms with Crippen molar-refractivity contribution in [2.75, 3.05) is 13.1 Å². The Kier molecular flexibility index (Phi) is 4.02. The highest BCUT2D eigenvalue weighted by atomic mass is 19.3. The summed E-state index contributed by atoms with van der Waals surface area (Å²) in [7, 11) is 0. The Morgan fingerprint density at radius 3 is 2.96 bits per heavy atom. The zero-order valence-electron chi connectivity index (χ0n) is 12.9. The Bertz CT molecular complexity index is 660. The molecule has 2 aliphatic heterocycles. The number of aromatic nitrogens is 1. The SMILES string of the molecule is CCC[C@]1(C(F)F)CN2CC[C@H](c3cncc(C#N)c3)N2C1=O. The fraction of sp³-hybridized carbons (Fsp3) is 0.562. The predicted octanol–water partition coefficient (Wildman–Crippen LogP) is 2.51. The van der Waals surface area contributed by atoms with Gasteiger partial charge in [-0.15, -0.1) is 0 Å². The second kappa shape index (κ2) is 5.85. The molecule has 0 saturated carbocycles. The number of carbonyl (C=O) groups is 1. The van der Waals surface area contributed by atoms with Gasteiger partial charge in [-0.05, 0) is 24.5 Å². The summed E-state index contributed by atoms with van der Waals surface area (Å²) in [6.07, 6.45) is 1.75. The number of amides is 1. The average molecular weight is 320 g/mol. The van der Waals surface area contributed by atoms with E-state index in [1.807, 2.05) is 13.0 Å². The quantitative estimate of drug-likeness (QED) is 0.855. The second-order valence-corrected chi connectivity index (χ2v) is 6.17. The lowest BCUT2D eigenvalue weighted by Crippen LogP contribution is -2.41. The molecule has 5 nitrogen and oxygen atoms in total. The number of rotatable bonds is 4. The molecule has 122 valence electrons. The van der Waals surface area contributed by atoms with Gasteiger partial charge in [0.05, 0.1) is 11.6 Å². The van der Waals surface area contributed by atoms with Gasteiger partial charge < -0.3 is 0 Å². The van der Waals surface area contributed by atoms with E-state index >= 15 is 0 Å². The summed E-state index contributed by atoms with van der Waals surface area (Å²) >= 11 is 0. The summed E-state index contributed by atoms with van der Waals surface area (Å²) in [4.78, 5) is 16.8. The Balaban J connectivity index is 1.94. The number of alkyl halides is 2. The van der Waals surface area contributed by atoms with Gasteiger partial charge in [0.1, 0.15) is 11.5 Å². The fourth-order valence-electron chi connectivity index (χ4n) is 3.66. The van der Waals surface area contributed by atoms with Crippen LogP contribution < -0.4 is 0 Å². The van der Waals surface area contributed by atoms with E-state index < -0.39 is 17.7 Å². The van der Waals surface area contributed by atoms with Gasteiger partial charge in [0, 0.05) is 25.5 Å². The maximum absolute atomic E-state index is 13.7. The number of nitrogens with zero attached hydrogens (tertiary/aromatic N) is 4. The predicted molar refractivity (Wildman–Crippen MR) is 78.1 cm³/mol. The molecule has 23 heavy (non-hydrogen) atoms. The molecule has 7 heteroatoms. The van der Waals surface area contributed by atoms with Crippen LogP contribution in [0.5, 0.6) is 0 Å². The van der Waals surface area contributed by atoms with Gasteiger partial charge in [0.15, 0.2) is 0 Å². The molecule has 0 N–H and O–H groups in total. The molecule has 0 radical (unpaired) electrons. The van der Waals surface area contributed by atoms with Gasteiger partial charge in [0.2, 0.25) is 0 Å². The van der Waals surface area contributed by atoms with Crippen molar-refractivity contribution in [3.05, 3.63) is 29.6 Å². The van der Waals surface area contributed by atoms with Crippen molar-refractivity contribution in [3.63, 3.8) is 0 Å². The maximum atomic E-state index is 13.7. The number of hydrogen-bond donors (Lipinski definition) is 0. The van der Waals surface area contributed by atoms with Crippen LogP contribution in [0, 0.1) is 16.7 Å². The Hall–Kier alpha value is -2.07. The molecule has 0 aliphatic carbocycles. The zero-order valence-corrected chi connectivity index (χ0v) is 12.9. The Morgan fingerprint density at radius 2 is 2.30 bits per heavy atom. The van der Waals surface area contributed by atoms with Gasteiger partial charge >= 0.3 is 0 Å². The summed E-state index contributed by atoms with van der Waals surface area (Å²) in [5.41, 5.74) is -0.476. The first-order valence-electron chi connectivity index (χ1n) is 7.75. The lowest BCUT2D eigenvalue weighted by molar-refractivity contribution is -0.149. The van der Waals surface area contributed by atoms with Crippen molar-refractivity contribution in [3.8, 4) is 6.07 Å². The summed E-state index contributed by atoms with van der Waals surface area (Å²) in [6, 6.07) is 3.38. The van der Waals surface area contributed by atoms with Crippen LogP contribution in [0.25, 0.3) is 0 Å². The van der Waals surface area contributed by atoms with Crippen LogP contribution >= 0.6 is 0 Å². The molecule has 1 aromatic heterocycles. The summed E-state index contributed by atoms with van der Waals surface area (Å²) in [5, 5.41) is 12.2. The van der Waals surface area contributed by atoms with Gasteiger partial charge in [0.25, 0.3) is 12.3 Å². The third-order valence-electron chi connectivity index (χ3n) is 4.75. The number of fused-ring (bicyclic) bond motifs is 1. The molecule has 0 spiro atoms. The summed E-state index contributed by atoms with van der Waals surface area (Å²) in [5.74, 6) is -0.501. The molecule has 2 aliphatic rings. The van der Waals surface area contributed by atoms with Crippen molar-refractivity contribution in [2.24, 2.45) is 5.41 Å². The number of hydrazine groups is 1. The van der Waals surface area contributed by atoms with Gasteiger partial charge in [-0.2, -0.15) is 5.26 Å². The molecule has 3 rings (SSSR count). The molecule has 1 amide bonds. The number of carbonyl (C=O) groups excluding carboxylic acids is 1. The van der Waals surface area contributed by atoms with E-state index in [1.54, 1.807) is 17.3 Å². The first-order chi connectivity index (χ1) is 11.0. The normalized spacial score (nSPS) is 27.5. The van der Waals surface area contributed by atoms with Crippen LogP contribution in [0.2, 0.25) is 0 Å². The second-order valence-electron chi connectivity index (χ2n) is 6.17. The molecule has 0 bridgehead atoms. The van der Waals surface area contributed by atoms with Crippen LogP contribution in [-0.2, 0) is 4.79 Å². The van der Waals surface area contributed by atoms with Gasteiger partial charge in [-0.25, -0.2) is 13.8 Å². The van der Waals surface area contributed by atoms with E-state index in [0.717, 1.165) is 5.56 Å². The minimum atomic E-state index is -2.68. The number of pyridine rings is 1. The minimum absolute atomic E-state index is 0.0687. The van der Waals surface area contributed by atoms with Crippen molar-refractivity contribution in [1.29, 1.82) is 5.26 Å². The fourth-order valence-corrected chi connectivity index (χ4v) is 3.66. The summed E-state index contributed by atoms with van der Waals surface area (Å²) < 4.78 is 27.3. The van der Waals surface area contributed by atoms with Crippen LogP contribution in [0.3, 0.4) is 0 Å². The molecular formula is C16H18F2N4O. The first-order valence-corrected chi connectivity index (χ1v) is 7.75. The van der Waals surface area contributed by atoms with E-state index in [9.17, 15) is 13.6 Å². The van der Waals surface area contributed by atoms with Crippen LogP contribution in [0.15, 0.2) is 18.5 Å². The molecular weight excluding hydrogens is 302 g/mol. The van der Waals surface area contributed by atoms with Crippen molar-refractivity contribution >= 4 is 5.91 Å². The van der Waals surface area contributed by atoms with E-state index in [1.165, 1.54) is 11.2 Å². The van der Waals surface area contributed by atoms with Gasteiger partial charge in [-0.3, -0.25) is 14.8 Å². The molecule has 2 atom stereocenters. The zero-order chi connectivity index (χ0) is 16.6. The highest BCUT2D eigenvalue weighted by Crippen LogP contribution is 2.47. The third kappa shape index (κ3) is 2.38. The van der Waals surface area contributed by atoms with Crippen molar-refractivity contribution < 1.29 is 13.6 Å². The number of hydrogen-bond acceptors (Lipinski definition) is 4. The van der Waals surface area contributed by atoms with E-state index in [2.05, 4.69) is 4.98 Å². The van der Waals surface area contributed by atoms with E-state index in [-0.39, 0.29) is 19.0 Å². The third-order valence-corrected chi connectivity index (χ3v) is 4.75. The lowest BCUT2D eigenvalue weighted by atomic mass is 9.83. The average Bonchev–Trinajstić information content (AvgIpc) is 3.07. The van der Waals surface area contributed by atoms with E-state index in [0.29, 0.717) is 24.9 Å². The Morgan fingerprint density at radius 1 is 1.52 bits per heavy atom. The van der Waals surface area contributed by atoms with Crippen molar-refractivity contribution in [1.82, 2.24) is 15.0 Å². The summed E-state index contributed by atoms with van der Waals surface area (Å²) in [6.45, 7) is 2.44. The Labute approximate surface area is 133 Å². The minimum Gasteiger partial charge on any atom is -0.272 e. The first kappa shape index (κ1) is 15.8. The lowest BCUT2D eigenvalue weighted by Gasteiger charge is -2.28. The van der Waals surface area contributed by atoms with Crippen molar-refractivity contribution in [2.45, 2.75) is 38.7 Å². The molecule has 0 aromatic carbocycles. The molecule has 0 unspecified atom stereocenters. The standard InChI is InChI=1S/C16H18F2N4O/c1-2-4-16(14(17)18)10-21-5-3-13(22(21)15(16)23)12-6-11(7-19)8-20-9-12/h6,8-9,13-14H,2-5,10H2,1H3/t13-,16-/m1/s1. The van der Waals surface area contributed by atoms with Crippen LogP contribution in [0.1, 0.15) is 43.4 Å². The highest BCUT2D eigenvalue weighted by Gasteiger charge is 2.59. The molecule has 2 saturated heterocycles. The highest BCUT2D eigenvalue weighted by molar-refractivity contribution is 5.85. The largest absolute Gasteiger partial charge is 0.272 e. The number of nitriles is 1. The smallest absolute Gasteiger partial charge is 0.254 e. The monoisotopic (exact) mass is 320 g/mol. The molecule has 3 heterocycles. The molecule has 1 aromatic rings. The molecule has 2 fully saturated rings. The van der Waals surface area contributed by atoms with Crippen LogP contribution in [0.4, 0.5) is 8.78 Å².